The Bertz CT molecular complexity index is 222. The fraction of sp³-hybridized carbons (Fsp3) is 0.500. The van der Waals surface area contributed by atoms with Crippen LogP contribution in [0, 0.1) is 0 Å². The lowest BCUT2D eigenvalue weighted by Gasteiger charge is -2.04. The Morgan fingerprint density at radius 2 is 2.45 bits per heavy atom. The first kappa shape index (κ1) is 9.23. The van der Waals surface area contributed by atoms with E-state index >= 15 is 0 Å². The van der Waals surface area contributed by atoms with Crippen molar-refractivity contribution >= 4 is 27.3 Å². The molecule has 62 valence electrons. The highest BCUT2D eigenvalue weighted by molar-refractivity contribution is 9.10. The maximum atomic E-state index is 9.52. The minimum atomic E-state index is -0.267. The van der Waals surface area contributed by atoms with E-state index in [1.54, 1.807) is 11.3 Å². The van der Waals surface area contributed by atoms with Crippen molar-refractivity contribution in [2.24, 2.45) is 0 Å². The summed E-state index contributed by atoms with van der Waals surface area (Å²) in [7, 11) is 0. The molecular formula is C8H11BrOS. The number of hydrogen-bond acceptors (Lipinski definition) is 2. The molecule has 0 aromatic carbocycles. The van der Waals surface area contributed by atoms with Gasteiger partial charge in [-0.15, -0.1) is 11.3 Å². The summed E-state index contributed by atoms with van der Waals surface area (Å²) in [6.45, 7) is 2.08. The van der Waals surface area contributed by atoms with Gasteiger partial charge >= 0.3 is 0 Å². The third kappa shape index (κ3) is 2.58. The largest absolute Gasteiger partial charge is 0.388 e. The van der Waals surface area contributed by atoms with Crippen molar-refractivity contribution in [2.75, 3.05) is 0 Å². The van der Waals surface area contributed by atoms with Gasteiger partial charge < -0.3 is 5.11 Å². The number of hydrogen-bond donors (Lipinski definition) is 1. The first-order valence-corrected chi connectivity index (χ1v) is 5.33. The van der Waals surface area contributed by atoms with Gasteiger partial charge in [0.15, 0.2) is 0 Å². The molecule has 0 radical (unpaired) electrons. The second kappa shape index (κ2) is 4.24. The van der Waals surface area contributed by atoms with Gasteiger partial charge in [0, 0.05) is 14.7 Å². The van der Waals surface area contributed by atoms with Crippen LogP contribution in [0.25, 0.3) is 0 Å². The number of rotatable bonds is 3. The molecule has 0 unspecified atom stereocenters. The summed E-state index contributed by atoms with van der Waals surface area (Å²) < 4.78 is 1.06. The molecule has 1 nitrogen and oxygen atoms in total. The lowest BCUT2D eigenvalue weighted by molar-refractivity contribution is 0.170. The van der Waals surface area contributed by atoms with Crippen molar-refractivity contribution in [1.29, 1.82) is 0 Å². The molecule has 0 aliphatic heterocycles. The van der Waals surface area contributed by atoms with Crippen LogP contribution in [0.2, 0.25) is 0 Å². The Kier molecular flexibility index (Phi) is 3.55. The van der Waals surface area contributed by atoms with Gasteiger partial charge in [-0.25, -0.2) is 0 Å². The highest BCUT2D eigenvalue weighted by Gasteiger charge is 2.07. The first-order valence-electron chi connectivity index (χ1n) is 3.66. The van der Waals surface area contributed by atoms with Crippen LogP contribution in [-0.2, 0) is 0 Å². The summed E-state index contributed by atoms with van der Waals surface area (Å²) in [6.07, 6.45) is 1.61. The molecule has 0 spiro atoms. The molecule has 1 N–H and O–H groups in total. The highest BCUT2D eigenvalue weighted by Crippen LogP contribution is 2.27. The maximum Gasteiger partial charge on any atom is 0.0882 e. The van der Waals surface area contributed by atoms with E-state index in [9.17, 15) is 5.11 Å². The van der Waals surface area contributed by atoms with Crippen LogP contribution in [0.4, 0.5) is 0 Å². The molecule has 0 aliphatic carbocycles. The van der Waals surface area contributed by atoms with Gasteiger partial charge in [-0.1, -0.05) is 13.3 Å². The van der Waals surface area contributed by atoms with Crippen LogP contribution in [0.3, 0.4) is 0 Å². The van der Waals surface area contributed by atoms with Crippen molar-refractivity contribution in [3.63, 3.8) is 0 Å². The Morgan fingerprint density at radius 1 is 1.73 bits per heavy atom. The lowest BCUT2D eigenvalue weighted by atomic mass is 10.2. The van der Waals surface area contributed by atoms with Gasteiger partial charge in [-0.05, 0) is 28.4 Å². The molecule has 0 saturated carbocycles. The number of halogens is 1. The average molecular weight is 235 g/mol. The standard InChI is InChI=1S/C8H11BrOS/c1-2-3-7(10)8-4-6(9)5-11-8/h4-5,7,10H,2-3H2,1H3/t7-/m1/s1. The van der Waals surface area contributed by atoms with Crippen LogP contribution >= 0.6 is 27.3 Å². The summed E-state index contributed by atoms with van der Waals surface area (Å²) in [5.41, 5.74) is 0. The molecule has 11 heavy (non-hydrogen) atoms. The van der Waals surface area contributed by atoms with Crippen LogP contribution in [-0.4, -0.2) is 5.11 Å². The fourth-order valence-electron chi connectivity index (χ4n) is 0.919. The van der Waals surface area contributed by atoms with Crippen molar-refractivity contribution < 1.29 is 5.11 Å². The molecule has 0 aliphatic rings. The van der Waals surface area contributed by atoms with E-state index in [2.05, 4.69) is 22.9 Å². The summed E-state index contributed by atoms with van der Waals surface area (Å²) >= 11 is 4.95. The molecule has 0 bridgehead atoms. The van der Waals surface area contributed by atoms with Crippen molar-refractivity contribution in [3.05, 3.63) is 20.8 Å². The zero-order valence-electron chi connectivity index (χ0n) is 6.38. The molecular weight excluding hydrogens is 224 g/mol. The third-order valence-electron chi connectivity index (χ3n) is 1.48. The molecule has 0 saturated heterocycles. The normalized spacial score (nSPS) is 13.4. The molecule has 3 heteroatoms. The highest BCUT2D eigenvalue weighted by atomic mass is 79.9. The second-order valence-corrected chi connectivity index (χ2v) is 4.33. The minimum Gasteiger partial charge on any atom is -0.388 e. The zero-order valence-corrected chi connectivity index (χ0v) is 8.78. The van der Waals surface area contributed by atoms with E-state index in [0.29, 0.717) is 0 Å². The van der Waals surface area contributed by atoms with Crippen LogP contribution in [0.15, 0.2) is 15.9 Å². The third-order valence-corrected chi connectivity index (χ3v) is 3.27. The quantitative estimate of drug-likeness (QED) is 0.851. The Balaban J connectivity index is 2.60. The summed E-state index contributed by atoms with van der Waals surface area (Å²) in [5.74, 6) is 0. The van der Waals surface area contributed by atoms with Gasteiger partial charge in [0.1, 0.15) is 0 Å². The summed E-state index contributed by atoms with van der Waals surface area (Å²) in [4.78, 5) is 1.05. The fourth-order valence-corrected chi connectivity index (χ4v) is 2.38. The van der Waals surface area contributed by atoms with Gasteiger partial charge in [0.05, 0.1) is 6.10 Å². The van der Waals surface area contributed by atoms with E-state index in [0.717, 1.165) is 22.2 Å². The first-order chi connectivity index (χ1) is 5.24. The SMILES string of the molecule is CCC[C@@H](O)c1cc(Br)cs1. The Morgan fingerprint density at radius 3 is 2.91 bits per heavy atom. The predicted octanol–water partition coefficient (Wildman–Crippen LogP) is 3.34. The number of aliphatic hydroxyl groups excluding tert-OH is 1. The minimum absolute atomic E-state index is 0.267. The number of aliphatic hydroxyl groups is 1. The predicted molar refractivity (Wildman–Crippen MR) is 51.9 cm³/mol. The van der Waals surface area contributed by atoms with Gasteiger partial charge in [-0.3, -0.25) is 0 Å². The van der Waals surface area contributed by atoms with Gasteiger partial charge in [0.2, 0.25) is 0 Å². The monoisotopic (exact) mass is 234 g/mol. The maximum absolute atomic E-state index is 9.52. The Labute approximate surface area is 79.2 Å². The summed E-state index contributed by atoms with van der Waals surface area (Å²) in [6, 6.07) is 1.98. The summed E-state index contributed by atoms with van der Waals surface area (Å²) in [5, 5.41) is 11.5. The van der Waals surface area contributed by atoms with Crippen LogP contribution in [0.5, 0.6) is 0 Å². The van der Waals surface area contributed by atoms with Crippen molar-refractivity contribution in [3.8, 4) is 0 Å². The molecule has 1 aromatic heterocycles. The van der Waals surface area contributed by atoms with E-state index in [1.807, 2.05) is 11.4 Å². The van der Waals surface area contributed by atoms with E-state index in [1.165, 1.54) is 0 Å². The van der Waals surface area contributed by atoms with Crippen molar-refractivity contribution in [2.45, 2.75) is 25.9 Å². The molecule has 1 aromatic rings. The molecule has 1 atom stereocenters. The van der Waals surface area contributed by atoms with Crippen LogP contribution < -0.4 is 0 Å². The second-order valence-electron chi connectivity index (χ2n) is 2.47. The van der Waals surface area contributed by atoms with Gasteiger partial charge in [-0.2, -0.15) is 0 Å². The smallest absolute Gasteiger partial charge is 0.0882 e. The molecule has 1 rings (SSSR count). The van der Waals surface area contributed by atoms with Crippen molar-refractivity contribution in [1.82, 2.24) is 0 Å². The van der Waals surface area contributed by atoms with Gasteiger partial charge in [0.25, 0.3) is 0 Å². The molecule has 0 amide bonds. The molecule has 1 heterocycles. The molecule has 0 fully saturated rings. The van der Waals surface area contributed by atoms with E-state index in [-0.39, 0.29) is 6.10 Å². The topological polar surface area (TPSA) is 20.2 Å². The van der Waals surface area contributed by atoms with E-state index in [4.69, 9.17) is 0 Å². The lowest BCUT2D eigenvalue weighted by Crippen LogP contribution is -1.91. The number of thiophene rings is 1. The zero-order chi connectivity index (χ0) is 8.27. The van der Waals surface area contributed by atoms with Crippen LogP contribution in [0.1, 0.15) is 30.7 Å². The Hall–Kier alpha value is 0.140. The van der Waals surface area contributed by atoms with E-state index < -0.39 is 0 Å². The average Bonchev–Trinajstić information content (AvgIpc) is 2.36.